The Labute approximate surface area is 190 Å². The smallest absolute Gasteiger partial charge is 0.191 e. The van der Waals surface area contributed by atoms with Gasteiger partial charge in [-0.2, -0.15) is 5.10 Å². The fourth-order valence-electron chi connectivity index (χ4n) is 3.33. The second kappa shape index (κ2) is 12.5. The molecule has 3 rings (SSSR count). The van der Waals surface area contributed by atoms with Crippen molar-refractivity contribution >= 4 is 5.96 Å². The van der Waals surface area contributed by atoms with Crippen molar-refractivity contribution in [3.05, 3.63) is 83.2 Å². The van der Waals surface area contributed by atoms with Gasteiger partial charge in [-0.3, -0.25) is 9.67 Å². The zero-order valence-electron chi connectivity index (χ0n) is 19.2. The zero-order chi connectivity index (χ0) is 22.6. The Kier molecular flexibility index (Phi) is 9.13. The van der Waals surface area contributed by atoms with Gasteiger partial charge in [0, 0.05) is 44.7 Å². The van der Waals surface area contributed by atoms with Crippen molar-refractivity contribution in [2.45, 2.75) is 33.5 Å². The summed E-state index contributed by atoms with van der Waals surface area (Å²) in [5, 5.41) is 11.1. The first-order valence-electron chi connectivity index (χ1n) is 11.0. The van der Waals surface area contributed by atoms with Crippen molar-refractivity contribution in [2.75, 3.05) is 26.9 Å². The van der Waals surface area contributed by atoms with Gasteiger partial charge in [-0.15, -0.1) is 0 Å². The number of aliphatic imine (C=N–C) groups is 1. The number of benzene rings is 2. The molecule has 0 radical (unpaired) electrons. The van der Waals surface area contributed by atoms with Crippen molar-refractivity contribution < 1.29 is 9.47 Å². The summed E-state index contributed by atoms with van der Waals surface area (Å²) in [7, 11) is 1.78. The number of rotatable bonds is 11. The van der Waals surface area contributed by atoms with E-state index in [1.165, 1.54) is 11.1 Å². The lowest BCUT2D eigenvalue weighted by atomic mass is 10.1. The molecule has 7 nitrogen and oxygen atoms in total. The maximum absolute atomic E-state index is 5.95. The number of aromatic nitrogens is 2. The van der Waals surface area contributed by atoms with E-state index in [4.69, 9.17) is 9.47 Å². The predicted octanol–water partition coefficient (Wildman–Crippen LogP) is 3.52. The first kappa shape index (κ1) is 23.3. The third-order valence-corrected chi connectivity index (χ3v) is 5.04. The molecule has 0 aliphatic carbocycles. The monoisotopic (exact) mass is 435 g/mol. The van der Waals surface area contributed by atoms with Crippen LogP contribution in [-0.2, 0) is 24.4 Å². The Morgan fingerprint density at radius 3 is 2.50 bits per heavy atom. The molecule has 0 fully saturated rings. The lowest BCUT2D eigenvalue weighted by molar-refractivity contribution is 0.110. The second-order valence-electron chi connectivity index (χ2n) is 7.41. The van der Waals surface area contributed by atoms with Gasteiger partial charge in [-0.1, -0.05) is 36.4 Å². The molecule has 0 aliphatic heterocycles. The Morgan fingerprint density at radius 2 is 1.78 bits per heavy atom. The van der Waals surface area contributed by atoms with E-state index in [0.717, 1.165) is 29.4 Å². The van der Waals surface area contributed by atoms with Crippen LogP contribution in [-0.4, -0.2) is 42.6 Å². The van der Waals surface area contributed by atoms with Gasteiger partial charge in [-0.25, -0.2) is 0 Å². The van der Waals surface area contributed by atoms with Crippen LogP contribution < -0.4 is 15.4 Å². The summed E-state index contributed by atoms with van der Waals surface area (Å²) in [5.41, 5.74) is 4.68. The predicted molar refractivity (Wildman–Crippen MR) is 128 cm³/mol. The molecule has 1 heterocycles. The third-order valence-electron chi connectivity index (χ3n) is 5.04. The summed E-state index contributed by atoms with van der Waals surface area (Å²) in [5.74, 6) is 1.61. The highest BCUT2D eigenvalue weighted by molar-refractivity contribution is 5.79. The molecule has 1 aromatic heterocycles. The zero-order valence-corrected chi connectivity index (χ0v) is 19.2. The molecule has 170 valence electrons. The second-order valence-corrected chi connectivity index (χ2v) is 7.41. The average molecular weight is 436 g/mol. The molecule has 0 aliphatic rings. The maximum Gasteiger partial charge on any atom is 0.191 e. The Bertz CT molecular complexity index is 986. The first-order valence-corrected chi connectivity index (χ1v) is 11.0. The number of guanidine groups is 1. The van der Waals surface area contributed by atoms with Crippen molar-refractivity contribution in [3.8, 4) is 5.75 Å². The number of aryl methyl sites for hydroxylation is 1. The molecule has 0 saturated carbocycles. The number of hydrogen-bond acceptors (Lipinski definition) is 4. The quantitative estimate of drug-likeness (QED) is 0.274. The van der Waals surface area contributed by atoms with Crippen LogP contribution in [0.25, 0.3) is 0 Å². The fraction of sp³-hybridized carbons (Fsp3) is 0.360. The summed E-state index contributed by atoms with van der Waals surface area (Å²) < 4.78 is 13.3. The molecular weight excluding hydrogens is 402 g/mol. The van der Waals surface area contributed by atoms with Crippen LogP contribution in [0.15, 0.2) is 65.9 Å². The van der Waals surface area contributed by atoms with E-state index in [-0.39, 0.29) is 0 Å². The molecule has 2 N–H and O–H groups in total. The highest BCUT2D eigenvalue weighted by atomic mass is 16.5. The lowest BCUT2D eigenvalue weighted by Gasteiger charge is -2.16. The first-order chi connectivity index (χ1) is 15.7. The molecule has 0 bridgehead atoms. The molecule has 0 spiro atoms. The van der Waals surface area contributed by atoms with E-state index in [1.807, 2.05) is 23.9 Å². The standard InChI is InChI=1S/C25H33N5O2/c1-4-31-14-15-32-24-16-20(2)10-11-22(24)18-28-25(26-3)27-17-21-8-5-6-9-23(21)19-30-13-7-12-29-30/h5-13,16H,4,14-15,17-19H2,1-3H3,(H2,26,27,28). The summed E-state index contributed by atoms with van der Waals surface area (Å²) >= 11 is 0. The molecule has 3 aromatic rings. The van der Waals surface area contributed by atoms with Crippen molar-refractivity contribution in [2.24, 2.45) is 4.99 Å². The fourth-order valence-corrected chi connectivity index (χ4v) is 3.33. The van der Waals surface area contributed by atoms with E-state index >= 15 is 0 Å². The summed E-state index contributed by atoms with van der Waals surface area (Å²) in [6.07, 6.45) is 3.77. The molecule has 32 heavy (non-hydrogen) atoms. The SMILES string of the molecule is CCOCCOc1cc(C)ccc1CNC(=NC)NCc1ccccc1Cn1cccn1. The topological polar surface area (TPSA) is 72.7 Å². The van der Waals surface area contributed by atoms with Gasteiger partial charge < -0.3 is 20.1 Å². The van der Waals surface area contributed by atoms with Crippen LogP contribution in [0.2, 0.25) is 0 Å². The van der Waals surface area contributed by atoms with Crippen molar-refractivity contribution in [3.63, 3.8) is 0 Å². The number of nitrogens with one attached hydrogen (secondary N) is 2. The lowest BCUT2D eigenvalue weighted by Crippen LogP contribution is -2.36. The van der Waals surface area contributed by atoms with Gasteiger partial charge in [0.1, 0.15) is 12.4 Å². The van der Waals surface area contributed by atoms with Crippen molar-refractivity contribution in [1.29, 1.82) is 0 Å². The van der Waals surface area contributed by atoms with Crippen LogP contribution in [0.5, 0.6) is 5.75 Å². The van der Waals surface area contributed by atoms with Gasteiger partial charge in [0.05, 0.1) is 13.2 Å². The van der Waals surface area contributed by atoms with E-state index in [9.17, 15) is 0 Å². The molecule has 0 amide bonds. The van der Waals surface area contributed by atoms with Gasteiger partial charge in [-0.05, 0) is 42.7 Å². The van der Waals surface area contributed by atoms with E-state index in [0.29, 0.717) is 32.9 Å². The van der Waals surface area contributed by atoms with Gasteiger partial charge in [0.15, 0.2) is 5.96 Å². The van der Waals surface area contributed by atoms with Crippen LogP contribution >= 0.6 is 0 Å². The Morgan fingerprint density at radius 1 is 1.00 bits per heavy atom. The maximum atomic E-state index is 5.95. The molecule has 2 aromatic carbocycles. The van der Waals surface area contributed by atoms with E-state index in [1.54, 1.807) is 13.2 Å². The van der Waals surface area contributed by atoms with Gasteiger partial charge in [0.2, 0.25) is 0 Å². The largest absolute Gasteiger partial charge is 0.491 e. The highest BCUT2D eigenvalue weighted by Crippen LogP contribution is 2.20. The van der Waals surface area contributed by atoms with Crippen molar-refractivity contribution in [1.82, 2.24) is 20.4 Å². The molecular formula is C25H33N5O2. The van der Waals surface area contributed by atoms with E-state index < -0.39 is 0 Å². The van der Waals surface area contributed by atoms with Gasteiger partial charge >= 0.3 is 0 Å². The molecule has 0 saturated heterocycles. The minimum atomic E-state index is 0.532. The highest BCUT2D eigenvalue weighted by Gasteiger charge is 2.08. The van der Waals surface area contributed by atoms with Crippen LogP contribution in [0, 0.1) is 6.92 Å². The van der Waals surface area contributed by atoms with Crippen LogP contribution in [0.1, 0.15) is 29.2 Å². The number of hydrogen-bond donors (Lipinski definition) is 2. The minimum Gasteiger partial charge on any atom is -0.491 e. The molecule has 7 heteroatoms. The number of ether oxygens (including phenoxy) is 2. The summed E-state index contributed by atoms with van der Waals surface area (Å²) in [6, 6.07) is 16.5. The summed E-state index contributed by atoms with van der Waals surface area (Å²) in [4.78, 5) is 4.37. The third kappa shape index (κ3) is 7.13. The Hall–Kier alpha value is -3.32. The average Bonchev–Trinajstić information content (AvgIpc) is 3.32. The van der Waals surface area contributed by atoms with E-state index in [2.05, 4.69) is 70.1 Å². The number of nitrogens with zero attached hydrogens (tertiary/aromatic N) is 3. The normalized spacial score (nSPS) is 11.4. The Balaban J connectivity index is 1.57. The van der Waals surface area contributed by atoms with Crippen LogP contribution in [0.4, 0.5) is 0 Å². The minimum absolute atomic E-state index is 0.532. The van der Waals surface area contributed by atoms with Crippen LogP contribution in [0.3, 0.4) is 0 Å². The summed E-state index contributed by atoms with van der Waals surface area (Å²) in [6.45, 7) is 7.87. The molecule has 0 atom stereocenters. The molecule has 0 unspecified atom stereocenters. The van der Waals surface area contributed by atoms with Gasteiger partial charge in [0.25, 0.3) is 0 Å².